The first-order valence-electron chi connectivity index (χ1n) is 10.9. The van der Waals surface area contributed by atoms with Gasteiger partial charge in [0.05, 0.1) is 18.8 Å². The Kier molecular flexibility index (Phi) is 8.17. The Balaban J connectivity index is 1.64. The highest BCUT2D eigenvalue weighted by Crippen LogP contribution is 2.40. The summed E-state index contributed by atoms with van der Waals surface area (Å²) in [7, 11) is 0. The van der Waals surface area contributed by atoms with E-state index in [2.05, 4.69) is 16.3 Å². The van der Waals surface area contributed by atoms with Gasteiger partial charge in [0, 0.05) is 24.2 Å². The lowest BCUT2D eigenvalue weighted by Gasteiger charge is -2.41. The van der Waals surface area contributed by atoms with E-state index in [4.69, 9.17) is 14.2 Å². The number of fused-ring (bicyclic) bond motifs is 1. The van der Waals surface area contributed by atoms with Gasteiger partial charge in [0.1, 0.15) is 30.9 Å². The first-order valence-corrected chi connectivity index (χ1v) is 10.9. The van der Waals surface area contributed by atoms with Crippen LogP contribution in [0.15, 0.2) is 47.6 Å². The number of hydrogen-bond donors (Lipinski definition) is 0. The monoisotopic (exact) mass is 482 g/mol. The van der Waals surface area contributed by atoms with Crippen LogP contribution in [-0.4, -0.2) is 67.7 Å². The molecule has 0 unspecified atom stereocenters. The summed E-state index contributed by atoms with van der Waals surface area (Å²) in [5.74, 6) is 0.205. The first kappa shape index (κ1) is 25.9. The fourth-order valence-electron chi connectivity index (χ4n) is 4.09. The van der Waals surface area contributed by atoms with Gasteiger partial charge in [-0.15, -0.1) is 13.2 Å². The maximum Gasteiger partial charge on any atom is 0.522 e. The molecule has 186 valence electrons. The van der Waals surface area contributed by atoms with E-state index in [1.165, 1.54) is 0 Å². The number of hydrogen-bond acceptors (Lipinski definition) is 6. The van der Waals surface area contributed by atoms with E-state index in [-0.39, 0.29) is 19.3 Å². The number of aliphatic imine (C=N–C) groups is 1. The highest BCUT2D eigenvalue weighted by atomic mass is 19.4. The van der Waals surface area contributed by atoms with Crippen molar-refractivity contribution in [2.45, 2.75) is 45.3 Å². The largest absolute Gasteiger partial charge is 0.522 e. The van der Waals surface area contributed by atoms with Crippen LogP contribution in [0.2, 0.25) is 0 Å². The van der Waals surface area contributed by atoms with Crippen molar-refractivity contribution in [2.75, 3.05) is 33.1 Å². The minimum Gasteiger partial charge on any atom is -0.491 e. The standard InChI is InChI=1S/C24H29F3N2O5/c1-5-6-17(3)28-18(4)23-9-10-29(14-21(23)32-15-34-23)22(30)19-7-8-20(16(2)13-19)31-11-12-33-24(25,26)27/h5-8,13,21H,4,9-12,14-15H2,1-3H3/b6-5-,28-17-/t21-,23-/m1/s1. The predicted octanol–water partition coefficient (Wildman–Crippen LogP) is 4.42. The Morgan fingerprint density at radius 3 is 2.82 bits per heavy atom. The van der Waals surface area contributed by atoms with Gasteiger partial charge in [-0.25, -0.2) is 0 Å². The topological polar surface area (TPSA) is 69.6 Å². The SMILES string of the molecule is C=C(/N=C(C)\C=C/C)[C@]12CCN(C(=O)c3ccc(OCCOC(F)(F)F)c(C)c3)C[C@H]1OCO2. The number of halogens is 3. The molecule has 0 spiro atoms. The molecule has 34 heavy (non-hydrogen) atoms. The van der Waals surface area contributed by atoms with E-state index in [1.54, 1.807) is 30.0 Å². The van der Waals surface area contributed by atoms with Gasteiger partial charge >= 0.3 is 6.36 Å². The Labute approximate surface area is 196 Å². The molecule has 1 aromatic rings. The van der Waals surface area contributed by atoms with Crippen LogP contribution < -0.4 is 4.74 Å². The quantitative estimate of drug-likeness (QED) is 0.405. The molecule has 2 aliphatic rings. The fourth-order valence-corrected chi connectivity index (χ4v) is 4.09. The Morgan fingerprint density at radius 2 is 2.15 bits per heavy atom. The lowest BCUT2D eigenvalue weighted by molar-refractivity contribution is -0.325. The van der Waals surface area contributed by atoms with Crippen molar-refractivity contribution < 1.29 is 36.9 Å². The summed E-state index contributed by atoms with van der Waals surface area (Å²) in [6.07, 6.45) is -0.821. The van der Waals surface area contributed by atoms with Gasteiger partial charge in [0.2, 0.25) is 0 Å². The number of piperidine rings is 1. The third-order valence-corrected chi connectivity index (χ3v) is 5.77. The molecule has 2 aliphatic heterocycles. The molecule has 2 saturated heterocycles. The van der Waals surface area contributed by atoms with Crippen molar-refractivity contribution in [3.8, 4) is 5.75 Å². The minimum absolute atomic E-state index is 0.104. The molecule has 2 atom stereocenters. The van der Waals surface area contributed by atoms with E-state index < -0.39 is 24.7 Å². The molecule has 0 aromatic heterocycles. The van der Waals surface area contributed by atoms with Crippen LogP contribution in [0.25, 0.3) is 0 Å². The molecule has 0 aliphatic carbocycles. The summed E-state index contributed by atoms with van der Waals surface area (Å²) in [5, 5.41) is 0. The molecular weight excluding hydrogens is 453 g/mol. The maximum absolute atomic E-state index is 13.1. The number of carbonyl (C=O) groups excluding carboxylic acids is 1. The lowest BCUT2D eigenvalue weighted by Crippen LogP contribution is -2.55. The van der Waals surface area contributed by atoms with Crippen LogP contribution >= 0.6 is 0 Å². The molecule has 0 radical (unpaired) electrons. The van der Waals surface area contributed by atoms with Crippen molar-refractivity contribution in [3.05, 3.63) is 53.8 Å². The van der Waals surface area contributed by atoms with E-state index in [0.29, 0.717) is 42.1 Å². The zero-order valence-electron chi connectivity index (χ0n) is 19.5. The van der Waals surface area contributed by atoms with Crippen molar-refractivity contribution in [1.29, 1.82) is 0 Å². The molecule has 1 aromatic carbocycles. The number of carbonyl (C=O) groups is 1. The summed E-state index contributed by atoms with van der Waals surface area (Å²) in [6, 6.07) is 4.81. The van der Waals surface area contributed by atoms with Crippen LogP contribution in [0.4, 0.5) is 13.2 Å². The maximum atomic E-state index is 13.1. The molecule has 0 saturated carbocycles. The molecule has 2 fully saturated rings. The molecular formula is C24H29F3N2O5. The van der Waals surface area contributed by atoms with Gasteiger partial charge < -0.3 is 19.1 Å². The van der Waals surface area contributed by atoms with E-state index in [0.717, 1.165) is 5.71 Å². The highest BCUT2D eigenvalue weighted by molar-refractivity contribution is 5.95. The Hall–Kier alpha value is -2.69. The molecule has 2 heterocycles. The zero-order chi connectivity index (χ0) is 24.9. The summed E-state index contributed by atoms with van der Waals surface area (Å²) in [5.41, 5.74) is 1.68. The number of aryl methyl sites for hydroxylation is 1. The molecule has 0 N–H and O–H groups in total. The number of likely N-dealkylation sites (tertiary alicyclic amines) is 1. The number of ether oxygens (including phenoxy) is 4. The summed E-state index contributed by atoms with van der Waals surface area (Å²) in [4.78, 5) is 19.4. The first-order chi connectivity index (χ1) is 16.1. The fraction of sp³-hybridized carbons (Fsp3) is 0.500. The van der Waals surface area contributed by atoms with Crippen LogP contribution in [-0.2, 0) is 14.2 Å². The Morgan fingerprint density at radius 1 is 1.38 bits per heavy atom. The number of nitrogens with zero attached hydrogens (tertiary/aromatic N) is 2. The normalized spacial score (nSPS) is 23.3. The average molecular weight is 482 g/mol. The average Bonchev–Trinajstić information content (AvgIpc) is 3.21. The predicted molar refractivity (Wildman–Crippen MR) is 120 cm³/mol. The van der Waals surface area contributed by atoms with Gasteiger partial charge in [-0.2, -0.15) is 0 Å². The van der Waals surface area contributed by atoms with Gasteiger partial charge in [-0.1, -0.05) is 12.7 Å². The van der Waals surface area contributed by atoms with Crippen molar-refractivity contribution in [1.82, 2.24) is 4.90 Å². The van der Waals surface area contributed by atoms with E-state index >= 15 is 0 Å². The second kappa shape index (κ2) is 10.7. The van der Waals surface area contributed by atoms with Gasteiger partial charge in [0.15, 0.2) is 0 Å². The van der Waals surface area contributed by atoms with Crippen molar-refractivity contribution >= 4 is 11.6 Å². The number of rotatable bonds is 8. The summed E-state index contributed by atoms with van der Waals surface area (Å²) >= 11 is 0. The molecule has 1 amide bonds. The Bertz CT molecular complexity index is 976. The molecule has 7 nitrogen and oxygen atoms in total. The van der Waals surface area contributed by atoms with E-state index in [1.807, 2.05) is 26.0 Å². The van der Waals surface area contributed by atoms with Crippen LogP contribution in [0.3, 0.4) is 0 Å². The highest BCUT2D eigenvalue weighted by Gasteiger charge is 2.52. The zero-order valence-corrected chi connectivity index (χ0v) is 19.5. The summed E-state index contributed by atoms with van der Waals surface area (Å²) in [6.45, 7) is 9.60. The van der Waals surface area contributed by atoms with Crippen molar-refractivity contribution in [3.63, 3.8) is 0 Å². The minimum atomic E-state index is -4.70. The van der Waals surface area contributed by atoms with Crippen LogP contribution in [0, 0.1) is 6.92 Å². The third kappa shape index (κ3) is 6.05. The molecule has 0 bridgehead atoms. The number of amides is 1. The summed E-state index contributed by atoms with van der Waals surface area (Å²) < 4.78 is 57.0. The third-order valence-electron chi connectivity index (χ3n) is 5.77. The van der Waals surface area contributed by atoms with E-state index in [9.17, 15) is 18.0 Å². The number of allylic oxidation sites excluding steroid dienone is 2. The lowest BCUT2D eigenvalue weighted by atomic mass is 9.85. The number of benzene rings is 1. The second-order valence-corrected chi connectivity index (χ2v) is 8.13. The molecule has 3 rings (SSSR count). The van der Waals surface area contributed by atoms with Crippen LogP contribution in [0.1, 0.15) is 36.2 Å². The number of alkyl halides is 3. The van der Waals surface area contributed by atoms with Gasteiger partial charge in [-0.05, 0) is 50.6 Å². The van der Waals surface area contributed by atoms with Crippen LogP contribution in [0.5, 0.6) is 5.75 Å². The molecule has 10 heteroatoms. The smallest absolute Gasteiger partial charge is 0.491 e. The van der Waals surface area contributed by atoms with Crippen molar-refractivity contribution in [2.24, 2.45) is 4.99 Å². The second-order valence-electron chi connectivity index (χ2n) is 8.13. The van der Waals surface area contributed by atoms with Gasteiger partial charge in [-0.3, -0.25) is 14.5 Å². The van der Waals surface area contributed by atoms with Gasteiger partial charge in [0.25, 0.3) is 5.91 Å².